The van der Waals surface area contributed by atoms with E-state index in [4.69, 9.17) is 5.11 Å². The number of nitrogens with one attached hydrogen (secondary N) is 3. The maximum absolute atomic E-state index is 12.2. The molecule has 0 atom stereocenters. The summed E-state index contributed by atoms with van der Waals surface area (Å²) in [6.07, 6.45) is 0.0184. The lowest BCUT2D eigenvalue weighted by Crippen LogP contribution is -2.40. The number of hydrogen-bond acceptors (Lipinski definition) is 4. The summed E-state index contributed by atoms with van der Waals surface area (Å²) in [5.74, 6) is -1.84. The van der Waals surface area contributed by atoms with Crippen LogP contribution < -0.4 is 16.0 Å². The second kappa shape index (κ2) is 11.4. The molecule has 0 saturated heterocycles. The van der Waals surface area contributed by atoms with Gasteiger partial charge < -0.3 is 21.1 Å². The van der Waals surface area contributed by atoms with Crippen molar-refractivity contribution < 1.29 is 24.3 Å². The van der Waals surface area contributed by atoms with Crippen LogP contribution in [0.15, 0.2) is 11.1 Å². The molecule has 0 radical (unpaired) electrons. The summed E-state index contributed by atoms with van der Waals surface area (Å²) in [4.78, 5) is 47.1. The highest BCUT2D eigenvalue weighted by Gasteiger charge is 2.21. The minimum absolute atomic E-state index is 0.0116. The summed E-state index contributed by atoms with van der Waals surface area (Å²) in [5, 5.41) is 17.2. The molecule has 0 aromatic rings. The van der Waals surface area contributed by atoms with Crippen LogP contribution >= 0.6 is 0 Å². The molecule has 3 amide bonds. The van der Waals surface area contributed by atoms with E-state index in [1.54, 1.807) is 20.8 Å². The van der Waals surface area contributed by atoms with E-state index < -0.39 is 17.3 Å². The number of carbonyl (C=O) groups is 4. The standard InChI is InChI=1S/C19H33N3O5/c1-12(2)11-22-16(24)14(13(3)17(25)26)7-8-15(23)20-9-10-21-18(27)19(4,5)6/h12H,7-11H2,1-6H3,(H,20,23)(H,21,27)(H,22,24)(H,25,26)/b14-13-. The monoisotopic (exact) mass is 383 g/mol. The van der Waals surface area contributed by atoms with Crippen molar-refractivity contribution in [2.24, 2.45) is 11.3 Å². The van der Waals surface area contributed by atoms with Crippen LogP contribution in [-0.2, 0) is 19.2 Å². The van der Waals surface area contributed by atoms with Gasteiger partial charge in [0.05, 0.1) is 0 Å². The number of aliphatic carboxylic acids is 1. The van der Waals surface area contributed by atoms with Gasteiger partial charge in [-0.3, -0.25) is 14.4 Å². The minimum Gasteiger partial charge on any atom is -0.478 e. The van der Waals surface area contributed by atoms with Crippen LogP contribution in [0.4, 0.5) is 0 Å². The summed E-state index contributed by atoms with van der Waals surface area (Å²) < 4.78 is 0. The highest BCUT2D eigenvalue weighted by Crippen LogP contribution is 2.13. The maximum Gasteiger partial charge on any atom is 0.331 e. The number of rotatable bonds is 10. The molecule has 8 nitrogen and oxygen atoms in total. The van der Waals surface area contributed by atoms with E-state index in [2.05, 4.69) is 16.0 Å². The van der Waals surface area contributed by atoms with Crippen LogP contribution in [0.3, 0.4) is 0 Å². The third kappa shape index (κ3) is 10.4. The zero-order chi connectivity index (χ0) is 21.2. The molecule has 0 aromatic heterocycles. The fraction of sp³-hybridized carbons (Fsp3) is 0.684. The summed E-state index contributed by atoms with van der Waals surface area (Å²) >= 11 is 0. The molecule has 0 spiro atoms. The number of hydrogen-bond donors (Lipinski definition) is 4. The van der Waals surface area contributed by atoms with Crippen LogP contribution in [0.5, 0.6) is 0 Å². The zero-order valence-corrected chi connectivity index (χ0v) is 17.2. The topological polar surface area (TPSA) is 125 Å². The predicted molar refractivity (Wildman–Crippen MR) is 103 cm³/mol. The molecule has 8 heteroatoms. The number of carboxylic acid groups (broad SMARTS) is 1. The van der Waals surface area contributed by atoms with Crippen LogP contribution in [0.2, 0.25) is 0 Å². The average Bonchev–Trinajstić information content (AvgIpc) is 2.55. The Labute approximate surface area is 161 Å². The van der Waals surface area contributed by atoms with Crippen LogP contribution in [0.25, 0.3) is 0 Å². The van der Waals surface area contributed by atoms with Gasteiger partial charge >= 0.3 is 5.97 Å². The molecule has 0 saturated carbocycles. The largest absolute Gasteiger partial charge is 0.478 e. The SMILES string of the molecule is C/C(C(=O)O)=C(\CCC(=O)NCCNC(=O)C(C)(C)C)C(=O)NCC(C)C. The van der Waals surface area contributed by atoms with E-state index >= 15 is 0 Å². The Morgan fingerprint density at radius 3 is 1.96 bits per heavy atom. The smallest absolute Gasteiger partial charge is 0.331 e. The molecule has 4 N–H and O–H groups in total. The van der Waals surface area contributed by atoms with E-state index in [-0.39, 0.29) is 48.3 Å². The lowest BCUT2D eigenvalue weighted by molar-refractivity contribution is -0.133. The van der Waals surface area contributed by atoms with Crippen LogP contribution in [0.1, 0.15) is 54.4 Å². The first kappa shape index (κ1) is 24.6. The lowest BCUT2D eigenvalue weighted by atomic mass is 9.96. The van der Waals surface area contributed by atoms with Crippen LogP contribution in [0, 0.1) is 11.3 Å². The van der Waals surface area contributed by atoms with E-state index in [0.29, 0.717) is 13.1 Å². The van der Waals surface area contributed by atoms with Crippen LogP contribution in [-0.4, -0.2) is 48.4 Å². The Balaban J connectivity index is 4.56. The molecular formula is C19H33N3O5. The van der Waals surface area contributed by atoms with Gasteiger partial charge in [0, 0.05) is 42.6 Å². The highest BCUT2D eigenvalue weighted by molar-refractivity contribution is 6.02. The summed E-state index contributed by atoms with van der Waals surface area (Å²) in [7, 11) is 0. The van der Waals surface area contributed by atoms with Gasteiger partial charge in [-0.15, -0.1) is 0 Å². The Hall–Kier alpha value is -2.38. The third-order valence-electron chi connectivity index (χ3n) is 3.73. The predicted octanol–water partition coefficient (Wildman–Crippen LogP) is 1.22. The first-order valence-electron chi connectivity index (χ1n) is 9.12. The third-order valence-corrected chi connectivity index (χ3v) is 3.73. The van der Waals surface area contributed by atoms with Gasteiger partial charge in [-0.05, 0) is 19.3 Å². The molecule has 154 valence electrons. The molecule has 0 aromatic carbocycles. The first-order valence-corrected chi connectivity index (χ1v) is 9.12. The number of carbonyl (C=O) groups excluding carboxylic acids is 3. The number of amides is 3. The van der Waals surface area contributed by atoms with Gasteiger partial charge in [-0.25, -0.2) is 4.79 Å². The van der Waals surface area contributed by atoms with Crippen molar-refractivity contribution in [2.45, 2.75) is 54.4 Å². The average molecular weight is 383 g/mol. The maximum atomic E-state index is 12.2. The summed E-state index contributed by atoms with van der Waals surface area (Å²) in [6, 6.07) is 0. The molecule has 0 aliphatic heterocycles. The van der Waals surface area contributed by atoms with Gasteiger partial charge in [0.15, 0.2) is 0 Å². The first-order chi connectivity index (χ1) is 12.4. The summed E-state index contributed by atoms with van der Waals surface area (Å²) in [6.45, 7) is 11.6. The van der Waals surface area contributed by atoms with Crippen molar-refractivity contribution in [3.63, 3.8) is 0 Å². The normalized spacial score (nSPS) is 12.3. The molecule has 27 heavy (non-hydrogen) atoms. The van der Waals surface area contributed by atoms with Crippen molar-refractivity contribution in [3.8, 4) is 0 Å². The van der Waals surface area contributed by atoms with Crippen molar-refractivity contribution in [3.05, 3.63) is 11.1 Å². The molecule has 0 unspecified atom stereocenters. The van der Waals surface area contributed by atoms with Crippen molar-refractivity contribution in [1.82, 2.24) is 16.0 Å². The van der Waals surface area contributed by atoms with E-state index in [1.165, 1.54) is 6.92 Å². The Morgan fingerprint density at radius 2 is 1.48 bits per heavy atom. The molecular weight excluding hydrogens is 350 g/mol. The molecule has 0 bridgehead atoms. The molecule has 0 aliphatic carbocycles. The van der Waals surface area contributed by atoms with Crippen molar-refractivity contribution in [2.75, 3.05) is 19.6 Å². The van der Waals surface area contributed by atoms with Crippen molar-refractivity contribution in [1.29, 1.82) is 0 Å². The summed E-state index contributed by atoms with van der Waals surface area (Å²) in [5.41, 5.74) is -0.470. The second-order valence-electron chi connectivity index (χ2n) is 7.87. The quantitative estimate of drug-likeness (QED) is 0.333. The fourth-order valence-corrected chi connectivity index (χ4v) is 1.97. The van der Waals surface area contributed by atoms with Gasteiger partial charge in [-0.2, -0.15) is 0 Å². The Kier molecular flexibility index (Phi) is 10.4. The Morgan fingerprint density at radius 1 is 0.926 bits per heavy atom. The molecule has 0 fully saturated rings. The minimum atomic E-state index is -1.19. The Bertz CT molecular complexity index is 589. The van der Waals surface area contributed by atoms with Crippen molar-refractivity contribution >= 4 is 23.7 Å². The molecule has 0 rings (SSSR count). The zero-order valence-electron chi connectivity index (χ0n) is 17.2. The van der Waals surface area contributed by atoms with Gasteiger partial charge in [-0.1, -0.05) is 34.6 Å². The van der Waals surface area contributed by atoms with Gasteiger partial charge in [0.25, 0.3) is 0 Å². The molecule has 0 aliphatic rings. The fourth-order valence-electron chi connectivity index (χ4n) is 1.97. The van der Waals surface area contributed by atoms with E-state index in [0.717, 1.165) is 0 Å². The second-order valence-corrected chi connectivity index (χ2v) is 7.87. The molecule has 0 heterocycles. The number of carboxylic acids is 1. The lowest BCUT2D eigenvalue weighted by Gasteiger charge is -2.17. The van der Waals surface area contributed by atoms with Gasteiger partial charge in [0.2, 0.25) is 17.7 Å². The highest BCUT2D eigenvalue weighted by atomic mass is 16.4. The van der Waals surface area contributed by atoms with Gasteiger partial charge in [0.1, 0.15) is 0 Å². The van der Waals surface area contributed by atoms with E-state index in [1.807, 2.05) is 13.8 Å². The van der Waals surface area contributed by atoms with E-state index in [9.17, 15) is 19.2 Å².